The summed E-state index contributed by atoms with van der Waals surface area (Å²) in [7, 11) is 0. The van der Waals surface area contributed by atoms with Crippen molar-refractivity contribution in [2.24, 2.45) is 34.5 Å². The van der Waals surface area contributed by atoms with Gasteiger partial charge in [0, 0.05) is 11.8 Å². The summed E-state index contributed by atoms with van der Waals surface area (Å²) in [5, 5.41) is 0. The fourth-order valence-electron chi connectivity index (χ4n) is 6.61. The molecule has 3 fully saturated rings. The summed E-state index contributed by atoms with van der Waals surface area (Å²) in [5.74, 6) is 3.92. The Morgan fingerprint density at radius 1 is 1.05 bits per heavy atom. The summed E-state index contributed by atoms with van der Waals surface area (Å²) in [6.45, 7) is 4.86. The van der Waals surface area contributed by atoms with Crippen molar-refractivity contribution in [3.05, 3.63) is 12.2 Å². The summed E-state index contributed by atoms with van der Waals surface area (Å²) in [6, 6.07) is 0. The van der Waals surface area contributed by atoms with Gasteiger partial charge in [-0.3, -0.25) is 4.79 Å². The lowest BCUT2D eigenvalue weighted by atomic mass is 9.46. The maximum absolute atomic E-state index is 12.4. The molecule has 0 aromatic heterocycles. The standard InChI is InChI=1S/C19H28O/c1-18-11-4-3-5-13(18)6-7-14-15-8-9-17(20)19(15,2)12-10-16(14)18/h3-4,13-16H,5-12H2,1-2H3/t13-,14-,15+,16+,18+,19-/m1/s1. The molecule has 0 aliphatic heterocycles. The Kier molecular flexibility index (Phi) is 2.76. The maximum atomic E-state index is 12.4. The molecular formula is C19H28O. The van der Waals surface area contributed by atoms with Gasteiger partial charge < -0.3 is 0 Å². The molecule has 1 heteroatoms. The highest BCUT2D eigenvalue weighted by molar-refractivity contribution is 5.87. The van der Waals surface area contributed by atoms with Gasteiger partial charge in [-0.25, -0.2) is 0 Å². The van der Waals surface area contributed by atoms with Crippen LogP contribution in [0.15, 0.2) is 12.2 Å². The average Bonchev–Trinajstić information content (AvgIpc) is 2.74. The van der Waals surface area contributed by atoms with E-state index in [9.17, 15) is 4.79 Å². The average molecular weight is 272 g/mol. The van der Waals surface area contributed by atoms with Gasteiger partial charge in [0.1, 0.15) is 5.78 Å². The number of rotatable bonds is 0. The van der Waals surface area contributed by atoms with Crippen molar-refractivity contribution in [3.8, 4) is 0 Å². The van der Waals surface area contributed by atoms with Gasteiger partial charge in [0.05, 0.1) is 0 Å². The van der Waals surface area contributed by atoms with Gasteiger partial charge in [-0.1, -0.05) is 26.0 Å². The summed E-state index contributed by atoms with van der Waals surface area (Å²) >= 11 is 0. The van der Waals surface area contributed by atoms with Gasteiger partial charge >= 0.3 is 0 Å². The Bertz CT molecular complexity index is 464. The predicted molar refractivity (Wildman–Crippen MR) is 81.3 cm³/mol. The predicted octanol–water partition coefficient (Wildman–Crippen LogP) is 4.76. The zero-order valence-electron chi connectivity index (χ0n) is 13.0. The van der Waals surface area contributed by atoms with E-state index < -0.39 is 0 Å². The number of carbonyl (C=O) groups excluding carboxylic acids is 1. The highest BCUT2D eigenvalue weighted by atomic mass is 16.1. The van der Waals surface area contributed by atoms with E-state index in [1.165, 1.54) is 44.9 Å². The van der Waals surface area contributed by atoms with Crippen LogP contribution in [0.2, 0.25) is 0 Å². The maximum Gasteiger partial charge on any atom is 0.139 e. The molecule has 6 atom stereocenters. The fraction of sp³-hybridized carbons (Fsp3) is 0.842. The van der Waals surface area contributed by atoms with E-state index in [1.54, 1.807) is 0 Å². The topological polar surface area (TPSA) is 17.1 Å². The number of ketones is 1. The first kappa shape index (κ1) is 13.1. The van der Waals surface area contributed by atoms with Crippen molar-refractivity contribution in [1.29, 1.82) is 0 Å². The summed E-state index contributed by atoms with van der Waals surface area (Å²) in [5.41, 5.74) is 0.583. The van der Waals surface area contributed by atoms with Crippen LogP contribution in [-0.4, -0.2) is 5.78 Å². The normalized spacial score (nSPS) is 54.2. The molecule has 0 saturated heterocycles. The molecule has 110 valence electrons. The van der Waals surface area contributed by atoms with Gasteiger partial charge in [-0.05, 0) is 74.0 Å². The summed E-state index contributed by atoms with van der Waals surface area (Å²) < 4.78 is 0. The molecule has 0 amide bonds. The second-order valence-electron chi connectivity index (χ2n) is 8.49. The second kappa shape index (κ2) is 4.21. The van der Waals surface area contributed by atoms with Gasteiger partial charge in [0.25, 0.3) is 0 Å². The van der Waals surface area contributed by atoms with Gasteiger partial charge in [-0.15, -0.1) is 0 Å². The molecule has 20 heavy (non-hydrogen) atoms. The lowest BCUT2D eigenvalue weighted by Crippen LogP contribution is -2.52. The highest BCUT2D eigenvalue weighted by Crippen LogP contribution is 2.64. The van der Waals surface area contributed by atoms with Crippen molar-refractivity contribution in [2.45, 2.75) is 65.2 Å². The SMILES string of the molecule is C[C@]12CC=CC[C@@H]1CC[C@H]1[C@@H]2CC[C@@]2(C)C(=O)CC[C@@H]12. The van der Waals surface area contributed by atoms with Crippen LogP contribution >= 0.6 is 0 Å². The van der Waals surface area contributed by atoms with E-state index in [0.717, 1.165) is 24.2 Å². The molecule has 4 rings (SSSR count). The van der Waals surface area contributed by atoms with E-state index in [2.05, 4.69) is 26.0 Å². The van der Waals surface area contributed by atoms with Crippen LogP contribution in [0.3, 0.4) is 0 Å². The zero-order chi connectivity index (χ0) is 14.0. The van der Waals surface area contributed by atoms with Crippen LogP contribution in [0.4, 0.5) is 0 Å². The number of allylic oxidation sites excluding steroid dienone is 2. The first-order chi connectivity index (χ1) is 9.56. The molecule has 0 heterocycles. The minimum Gasteiger partial charge on any atom is -0.299 e. The lowest BCUT2D eigenvalue weighted by Gasteiger charge is -2.58. The molecular weight excluding hydrogens is 244 g/mol. The molecule has 3 saturated carbocycles. The molecule has 0 spiro atoms. The molecule has 0 unspecified atom stereocenters. The molecule has 4 aliphatic carbocycles. The lowest BCUT2D eigenvalue weighted by molar-refractivity contribution is -0.136. The molecule has 0 aromatic rings. The monoisotopic (exact) mass is 272 g/mol. The number of hydrogen-bond acceptors (Lipinski definition) is 1. The molecule has 0 aromatic carbocycles. The Balaban J connectivity index is 1.68. The second-order valence-corrected chi connectivity index (χ2v) is 8.49. The Morgan fingerprint density at radius 3 is 2.75 bits per heavy atom. The largest absolute Gasteiger partial charge is 0.299 e. The van der Waals surface area contributed by atoms with E-state index in [0.29, 0.717) is 17.1 Å². The van der Waals surface area contributed by atoms with Crippen molar-refractivity contribution in [3.63, 3.8) is 0 Å². The van der Waals surface area contributed by atoms with Gasteiger partial charge in [0.2, 0.25) is 0 Å². The third-order valence-electron chi connectivity index (χ3n) is 7.92. The van der Waals surface area contributed by atoms with Crippen molar-refractivity contribution in [1.82, 2.24) is 0 Å². The summed E-state index contributed by atoms with van der Waals surface area (Å²) in [4.78, 5) is 12.4. The minimum atomic E-state index is 0.0505. The molecule has 0 N–H and O–H groups in total. The van der Waals surface area contributed by atoms with Crippen molar-refractivity contribution < 1.29 is 4.79 Å². The Labute approximate surface area is 123 Å². The van der Waals surface area contributed by atoms with Crippen LogP contribution < -0.4 is 0 Å². The smallest absolute Gasteiger partial charge is 0.139 e. The fourth-order valence-corrected chi connectivity index (χ4v) is 6.61. The van der Waals surface area contributed by atoms with Crippen LogP contribution in [0.1, 0.15) is 65.2 Å². The first-order valence-electron chi connectivity index (χ1n) is 8.74. The van der Waals surface area contributed by atoms with E-state index >= 15 is 0 Å². The first-order valence-corrected chi connectivity index (χ1v) is 8.74. The number of fused-ring (bicyclic) bond motifs is 5. The van der Waals surface area contributed by atoms with Crippen LogP contribution in [0.25, 0.3) is 0 Å². The number of Topliss-reactive ketones (excluding diaryl/α,β-unsaturated/α-hetero) is 1. The van der Waals surface area contributed by atoms with Gasteiger partial charge in [0.15, 0.2) is 0 Å². The third kappa shape index (κ3) is 1.53. The quantitative estimate of drug-likeness (QED) is 0.581. The summed E-state index contributed by atoms with van der Waals surface area (Å²) in [6.07, 6.45) is 14.8. The van der Waals surface area contributed by atoms with E-state index in [4.69, 9.17) is 0 Å². The van der Waals surface area contributed by atoms with Crippen LogP contribution in [0, 0.1) is 34.5 Å². The van der Waals surface area contributed by atoms with E-state index in [-0.39, 0.29) is 5.41 Å². The van der Waals surface area contributed by atoms with Crippen molar-refractivity contribution in [2.75, 3.05) is 0 Å². The van der Waals surface area contributed by atoms with Crippen molar-refractivity contribution >= 4 is 5.78 Å². The zero-order valence-corrected chi connectivity index (χ0v) is 13.0. The molecule has 0 radical (unpaired) electrons. The third-order valence-corrected chi connectivity index (χ3v) is 7.92. The van der Waals surface area contributed by atoms with Crippen LogP contribution in [0.5, 0.6) is 0 Å². The molecule has 0 bridgehead atoms. The Morgan fingerprint density at radius 2 is 1.90 bits per heavy atom. The number of hydrogen-bond donors (Lipinski definition) is 0. The number of carbonyl (C=O) groups is 1. The van der Waals surface area contributed by atoms with E-state index in [1.807, 2.05) is 0 Å². The Hall–Kier alpha value is -0.590. The molecule has 1 nitrogen and oxygen atoms in total. The highest BCUT2D eigenvalue weighted by Gasteiger charge is 2.59. The van der Waals surface area contributed by atoms with Crippen LogP contribution in [-0.2, 0) is 4.79 Å². The molecule has 4 aliphatic rings. The minimum absolute atomic E-state index is 0.0505. The van der Waals surface area contributed by atoms with Gasteiger partial charge in [-0.2, -0.15) is 0 Å².